The number of aryl methyl sites for hydroxylation is 1. The zero-order chi connectivity index (χ0) is 29.6. The third kappa shape index (κ3) is 5.71. The fourth-order valence-corrected chi connectivity index (χ4v) is 5.99. The SMILES string of the molecule is Cn1c2c(c3cc(Cl)ccc31)CCN(C(=O)Oc1ccc(Cl)cc1)C2c1ccc(OCC2(C)COC(C)(C)OC2)cc1. The van der Waals surface area contributed by atoms with Gasteiger partial charge in [0.1, 0.15) is 17.5 Å². The van der Waals surface area contributed by atoms with Crippen LogP contribution in [0.1, 0.15) is 43.6 Å². The lowest BCUT2D eigenvalue weighted by atomic mass is 9.92. The van der Waals surface area contributed by atoms with Gasteiger partial charge in [-0.3, -0.25) is 4.90 Å². The summed E-state index contributed by atoms with van der Waals surface area (Å²) >= 11 is 12.4. The Balaban J connectivity index is 1.30. The van der Waals surface area contributed by atoms with E-state index in [1.807, 2.05) is 63.4 Å². The van der Waals surface area contributed by atoms with Gasteiger partial charge in [0.15, 0.2) is 5.79 Å². The fraction of sp³-hybridized carbons (Fsp3) is 0.364. The normalized spacial score (nSPS) is 19.4. The number of benzene rings is 3. The van der Waals surface area contributed by atoms with Gasteiger partial charge in [-0.1, -0.05) is 42.3 Å². The minimum Gasteiger partial charge on any atom is -0.493 e. The number of amides is 1. The van der Waals surface area contributed by atoms with Gasteiger partial charge in [-0.15, -0.1) is 0 Å². The van der Waals surface area contributed by atoms with Crippen LogP contribution in [0, 0.1) is 5.41 Å². The lowest BCUT2D eigenvalue weighted by Gasteiger charge is -2.41. The van der Waals surface area contributed by atoms with Gasteiger partial charge in [-0.2, -0.15) is 0 Å². The first kappa shape index (κ1) is 28.9. The van der Waals surface area contributed by atoms with E-state index in [2.05, 4.69) is 11.5 Å². The van der Waals surface area contributed by atoms with Crippen molar-refractivity contribution in [2.24, 2.45) is 12.5 Å². The molecule has 2 aliphatic rings. The third-order valence-corrected chi connectivity index (χ3v) is 8.55. The summed E-state index contributed by atoms with van der Waals surface area (Å²) in [5.74, 6) is 0.599. The molecule has 1 aromatic heterocycles. The maximum Gasteiger partial charge on any atom is 0.416 e. The molecule has 7 nitrogen and oxygen atoms in total. The van der Waals surface area contributed by atoms with E-state index in [0.717, 1.165) is 27.9 Å². The van der Waals surface area contributed by atoms with Crippen LogP contribution < -0.4 is 9.47 Å². The van der Waals surface area contributed by atoms with Crippen molar-refractivity contribution in [1.29, 1.82) is 0 Å². The molecule has 1 atom stereocenters. The average Bonchev–Trinajstić information content (AvgIpc) is 3.25. The van der Waals surface area contributed by atoms with E-state index in [1.165, 1.54) is 5.56 Å². The number of nitrogens with zero attached hydrogens (tertiary/aromatic N) is 2. The summed E-state index contributed by atoms with van der Waals surface area (Å²) in [6, 6.07) is 20.3. The fourth-order valence-electron chi connectivity index (χ4n) is 5.70. The number of rotatable bonds is 5. The topological polar surface area (TPSA) is 62.2 Å². The number of hydrogen-bond acceptors (Lipinski definition) is 5. The number of carbonyl (C=O) groups excluding carboxylic acids is 1. The van der Waals surface area contributed by atoms with Gasteiger partial charge in [0, 0.05) is 45.6 Å². The standard InChI is InChI=1S/C33H34Cl2N2O5/c1-32(2)40-19-33(3,20-41-32)18-39-24-10-5-21(6-11-24)29-30-26(27-17-23(35)9-14-28(27)36(30)4)15-16-37(29)31(38)42-25-12-7-22(34)8-13-25/h5-14,17,29H,15-16,18-20H2,1-4H3. The van der Waals surface area contributed by atoms with Crippen molar-refractivity contribution >= 4 is 40.2 Å². The second-order valence-electron chi connectivity index (χ2n) is 11.9. The number of fused-ring (bicyclic) bond motifs is 3. The van der Waals surface area contributed by atoms with E-state index in [4.69, 9.17) is 42.1 Å². The molecule has 1 unspecified atom stereocenters. The molecule has 3 heterocycles. The first-order valence-corrected chi connectivity index (χ1v) is 14.8. The molecule has 2 aliphatic heterocycles. The first-order valence-electron chi connectivity index (χ1n) is 14.0. The van der Waals surface area contributed by atoms with Crippen LogP contribution in [0.4, 0.5) is 4.79 Å². The van der Waals surface area contributed by atoms with Crippen LogP contribution in [0.5, 0.6) is 11.5 Å². The molecule has 1 saturated heterocycles. The molecular weight excluding hydrogens is 575 g/mol. The van der Waals surface area contributed by atoms with Crippen molar-refractivity contribution < 1.29 is 23.7 Å². The average molecular weight is 610 g/mol. The highest BCUT2D eigenvalue weighted by molar-refractivity contribution is 6.31. The van der Waals surface area contributed by atoms with E-state index in [9.17, 15) is 4.79 Å². The van der Waals surface area contributed by atoms with Crippen LogP contribution in [0.15, 0.2) is 66.7 Å². The maximum atomic E-state index is 13.6. The summed E-state index contributed by atoms with van der Waals surface area (Å²) in [6.07, 6.45) is 0.254. The third-order valence-electron chi connectivity index (χ3n) is 8.06. The predicted octanol–water partition coefficient (Wildman–Crippen LogP) is 7.80. The second kappa shape index (κ2) is 11.1. The molecule has 6 rings (SSSR count). The highest BCUT2D eigenvalue weighted by Gasteiger charge is 2.38. The molecule has 0 saturated carbocycles. The Hall–Kier alpha value is -3.23. The van der Waals surface area contributed by atoms with Crippen molar-refractivity contribution in [2.75, 3.05) is 26.4 Å². The smallest absolute Gasteiger partial charge is 0.416 e. The lowest BCUT2D eigenvalue weighted by molar-refractivity contribution is -0.285. The second-order valence-corrected chi connectivity index (χ2v) is 12.8. The van der Waals surface area contributed by atoms with Gasteiger partial charge in [0.25, 0.3) is 0 Å². The minimum atomic E-state index is -0.576. The van der Waals surface area contributed by atoms with Crippen molar-refractivity contribution in [3.63, 3.8) is 0 Å². The van der Waals surface area contributed by atoms with Gasteiger partial charge in [0.05, 0.1) is 19.8 Å². The lowest BCUT2D eigenvalue weighted by Crippen LogP contribution is -2.47. The van der Waals surface area contributed by atoms with Crippen molar-refractivity contribution in [2.45, 2.75) is 39.0 Å². The van der Waals surface area contributed by atoms with Crippen LogP contribution in [-0.4, -0.2) is 47.7 Å². The zero-order valence-corrected chi connectivity index (χ0v) is 25.7. The van der Waals surface area contributed by atoms with Crippen molar-refractivity contribution in [3.05, 3.63) is 93.6 Å². The first-order chi connectivity index (χ1) is 20.0. The summed E-state index contributed by atoms with van der Waals surface area (Å²) < 4.78 is 25.9. The van der Waals surface area contributed by atoms with Gasteiger partial charge in [-0.25, -0.2) is 4.79 Å². The van der Waals surface area contributed by atoms with E-state index < -0.39 is 11.9 Å². The molecule has 0 spiro atoms. The summed E-state index contributed by atoms with van der Waals surface area (Å²) in [4.78, 5) is 15.4. The number of ether oxygens (including phenoxy) is 4. The van der Waals surface area contributed by atoms with Crippen LogP contribution in [-0.2, 0) is 22.9 Å². The molecular formula is C33H34Cl2N2O5. The van der Waals surface area contributed by atoms with Gasteiger partial charge >= 0.3 is 6.09 Å². The molecule has 0 N–H and O–H groups in total. The Bertz CT molecular complexity index is 1600. The Morgan fingerprint density at radius 3 is 2.26 bits per heavy atom. The predicted molar refractivity (Wildman–Crippen MR) is 164 cm³/mol. The van der Waals surface area contributed by atoms with E-state index in [0.29, 0.717) is 48.6 Å². The molecule has 3 aromatic carbocycles. The highest BCUT2D eigenvalue weighted by atomic mass is 35.5. The van der Waals surface area contributed by atoms with Crippen LogP contribution in [0.3, 0.4) is 0 Å². The molecule has 0 bridgehead atoms. The van der Waals surface area contributed by atoms with Crippen molar-refractivity contribution in [1.82, 2.24) is 9.47 Å². The Kier molecular flexibility index (Phi) is 7.64. The number of aromatic nitrogens is 1. The van der Waals surface area contributed by atoms with E-state index in [1.54, 1.807) is 29.2 Å². The Labute approximate surface area is 255 Å². The molecule has 220 valence electrons. The number of halogens is 2. The summed E-state index contributed by atoms with van der Waals surface area (Å²) in [7, 11) is 2.03. The number of carbonyl (C=O) groups is 1. The largest absolute Gasteiger partial charge is 0.493 e. The summed E-state index contributed by atoms with van der Waals surface area (Å²) in [5, 5.41) is 2.36. The van der Waals surface area contributed by atoms with Gasteiger partial charge < -0.3 is 23.5 Å². The molecule has 1 amide bonds. The quantitative estimate of drug-likeness (QED) is 0.231. The molecule has 0 aliphatic carbocycles. The van der Waals surface area contributed by atoms with E-state index >= 15 is 0 Å². The molecule has 0 radical (unpaired) electrons. The minimum absolute atomic E-state index is 0.251. The Morgan fingerprint density at radius 1 is 0.929 bits per heavy atom. The summed E-state index contributed by atoms with van der Waals surface area (Å²) in [6.45, 7) is 7.99. The highest BCUT2D eigenvalue weighted by Crippen LogP contribution is 2.41. The molecule has 9 heteroatoms. The van der Waals surface area contributed by atoms with Crippen molar-refractivity contribution in [3.8, 4) is 11.5 Å². The van der Waals surface area contributed by atoms with Gasteiger partial charge in [0.2, 0.25) is 0 Å². The van der Waals surface area contributed by atoms with E-state index in [-0.39, 0.29) is 11.5 Å². The van der Waals surface area contributed by atoms with Crippen LogP contribution in [0.25, 0.3) is 10.9 Å². The maximum absolute atomic E-state index is 13.6. The summed E-state index contributed by atoms with van der Waals surface area (Å²) in [5.41, 5.74) is 3.98. The van der Waals surface area contributed by atoms with Crippen LogP contribution in [0.2, 0.25) is 10.0 Å². The van der Waals surface area contributed by atoms with Crippen LogP contribution >= 0.6 is 23.2 Å². The monoisotopic (exact) mass is 608 g/mol. The number of hydrogen-bond donors (Lipinski definition) is 0. The zero-order valence-electron chi connectivity index (χ0n) is 24.2. The molecule has 42 heavy (non-hydrogen) atoms. The molecule has 1 fully saturated rings. The van der Waals surface area contributed by atoms with Gasteiger partial charge in [-0.05, 0) is 86.0 Å². The Morgan fingerprint density at radius 2 is 1.57 bits per heavy atom. The molecule has 4 aromatic rings.